The Morgan fingerprint density at radius 1 is 1.27 bits per heavy atom. The summed E-state index contributed by atoms with van der Waals surface area (Å²) in [5.74, 6) is 1.76. The molecule has 0 amide bonds. The molecule has 1 aromatic rings. The zero-order valence-corrected chi connectivity index (χ0v) is 11.2. The smallest absolute Gasteiger partial charge is 0.119 e. The Balaban J connectivity index is 2.51. The molecule has 0 heterocycles. The van der Waals surface area contributed by atoms with E-state index >= 15 is 0 Å². The van der Waals surface area contributed by atoms with Crippen molar-refractivity contribution < 1.29 is 4.74 Å². The van der Waals surface area contributed by atoms with Gasteiger partial charge in [0.2, 0.25) is 0 Å². The van der Waals surface area contributed by atoms with E-state index in [1.54, 1.807) is 11.8 Å². The first-order valence-corrected chi connectivity index (χ1v) is 6.81. The van der Waals surface area contributed by atoms with Crippen molar-refractivity contribution in [1.29, 1.82) is 0 Å². The minimum absolute atomic E-state index is 0.126. The van der Waals surface area contributed by atoms with Crippen LogP contribution in [0, 0.1) is 5.41 Å². The summed E-state index contributed by atoms with van der Waals surface area (Å²) in [4.78, 5) is 1.26. The fraction of sp³-hybridized carbons (Fsp3) is 0.500. The lowest BCUT2D eigenvalue weighted by molar-refractivity contribution is 0.202. The molecule has 0 fully saturated rings. The second-order valence-electron chi connectivity index (χ2n) is 4.29. The summed E-state index contributed by atoms with van der Waals surface area (Å²) in [6.45, 7) is 5.00. The summed E-state index contributed by atoms with van der Waals surface area (Å²) < 4.78 is 5.70. The Labute approximate surface area is 102 Å². The summed E-state index contributed by atoms with van der Waals surface area (Å²) >= 11 is 6.03. The SMILES string of the molecule is CSc1ccc(OCC(C)(C)CS)cc1. The van der Waals surface area contributed by atoms with Crippen LogP contribution >= 0.6 is 24.4 Å². The molecule has 0 aromatic heterocycles. The van der Waals surface area contributed by atoms with Crippen LogP contribution in [0.1, 0.15) is 13.8 Å². The Morgan fingerprint density at radius 3 is 2.33 bits per heavy atom. The van der Waals surface area contributed by atoms with E-state index in [-0.39, 0.29) is 5.41 Å². The van der Waals surface area contributed by atoms with Gasteiger partial charge in [-0.05, 0) is 36.3 Å². The van der Waals surface area contributed by atoms with Gasteiger partial charge in [-0.1, -0.05) is 13.8 Å². The molecule has 0 aliphatic rings. The van der Waals surface area contributed by atoms with Crippen molar-refractivity contribution in [2.45, 2.75) is 18.7 Å². The highest BCUT2D eigenvalue weighted by atomic mass is 32.2. The maximum Gasteiger partial charge on any atom is 0.119 e. The van der Waals surface area contributed by atoms with Gasteiger partial charge < -0.3 is 4.74 Å². The summed E-state index contributed by atoms with van der Waals surface area (Å²) in [5, 5.41) is 0. The Kier molecular flexibility index (Phi) is 4.87. The Hall–Kier alpha value is -0.280. The summed E-state index contributed by atoms with van der Waals surface area (Å²) in [7, 11) is 0. The minimum atomic E-state index is 0.126. The molecule has 0 aliphatic carbocycles. The van der Waals surface area contributed by atoms with Crippen molar-refractivity contribution in [3.8, 4) is 5.75 Å². The highest BCUT2D eigenvalue weighted by Crippen LogP contribution is 2.22. The van der Waals surface area contributed by atoms with E-state index in [0.717, 1.165) is 11.5 Å². The van der Waals surface area contributed by atoms with Crippen molar-refractivity contribution in [2.75, 3.05) is 18.6 Å². The highest BCUT2D eigenvalue weighted by molar-refractivity contribution is 7.98. The molecule has 0 aliphatic heterocycles. The molecule has 0 spiro atoms. The molecule has 15 heavy (non-hydrogen) atoms. The molecule has 1 nitrogen and oxygen atoms in total. The molecule has 0 saturated heterocycles. The van der Waals surface area contributed by atoms with Gasteiger partial charge in [0, 0.05) is 10.3 Å². The zero-order chi connectivity index (χ0) is 11.3. The van der Waals surface area contributed by atoms with Gasteiger partial charge in [0.15, 0.2) is 0 Å². The second kappa shape index (κ2) is 5.71. The predicted molar refractivity (Wildman–Crippen MR) is 71.4 cm³/mol. The van der Waals surface area contributed by atoms with Crippen LogP contribution in [0.5, 0.6) is 5.75 Å². The minimum Gasteiger partial charge on any atom is -0.493 e. The topological polar surface area (TPSA) is 9.23 Å². The normalized spacial score (nSPS) is 11.5. The maximum absolute atomic E-state index is 5.70. The molecule has 0 N–H and O–H groups in total. The third kappa shape index (κ3) is 4.39. The molecular formula is C12H18OS2. The number of hydrogen-bond acceptors (Lipinski definition) is 3. The van der Waals surface area contributed by atoms with Gasteiger partial charge in [-0.2, -0.15) is 12.6 Å². The van der Waals surface area contributed by atoms with Crippen LogP contribution in [-0.4, -0.2) is 18.6 Å². The van der Waals surface area contributed by atoms with Crippen LogP contribution in [0.25, 0.3) is 0 Å². The van der Waals surface area contributed by atoms with Crippen LogP contribution in [0.3, 0.4) is 0 Å². The average Bonchev–Trinajstić information content (AvgIpc) is 2.27. The number of thioether (sulfide) groups is 1. The predicted octanol–water partition coefficient (Wildman–Crippen LogP) is 3.74. The first-order chi connectivity index (χ1) is 7.07. The number of benzene rings is 1. The lowest BCUT2D eigenvalue weighted by atomic mass is 9.98. The van der Waals surface area contributed by atoms with Crippen molar-refractivity contribution >= 4 is 24.4 Å². The second-order valence-corrected chi connectivity index (χ2v) is 5.48. The van der Waals surface area contributed by atoms with E-state index in [9.17, 15) is 0 Å². The monoisotopic (exact) mass is 242 g/mol. The molecule has 0 bridgehead atoms. The first-order valence-electron chi connectivity index (χ1n) is 4.95. The van der Waals surface area contributed by atoms with Crippen LogP contribution < -0.4 is 4.74 Å². The highest BCUT2D eigenvalue weighted by Gasteiger charge is 2.16. The Morgan fingerprint density at radius 2 is 1.87 bits per heavy atom. The molecule has 0 saturated carbocycles. The van der Waals surface area contributed by atoms with E-state index in [4.69, 9.17) is 4.74 Å². The van der Waals surface area contributed by atoms with E-state index < -0.39 is 0 Å². The van der Waals surface area contributed by atoms with Crippen molar-refractivity contribution in [3.05, 3.63) is 24.3 Å². The number of hydrogen-bond donors (Lipinski definition) is 1. The third-order valence-corrected chi connectivity index (χ3v) is 3.72. The van der Waals surface area contributed by atoms with Crippen molar-refractivity contribution in [1.82, 2.24) is 0 Å². The lowest BCUT2D eigenvalue weighted by Crippen LogP contribution is -2.23. The molecule has 0 unspecified atom stereocenters. The average molecular weight is 242 g/mol. The van der Waals surface area contributed by atoms with E-state index in [2.05, 4.69) is 44.9 Å². The molecule has 3 heteroatoms. The van der Waals surface area contributed by atoms with E-state index in [1.807, 2.05) is 12.1 Å². The summed E-state index contributed by atoms with van der Waals surface area (Å²) in [5.41, 5.74) is 0.126. The van der Waals surface area contributed by atoms with Crippen molar-refractivity contribution in [3.63, 3.8) is 0 Å². The zero-order valence-electron chi connectivity index (χ0n) is 9.49. The van der Waals surface area contributed by atoms with Gasteiger partial charge >= 0.3 is 0 Å². The van der Waals surface area contributed by atoms with Gasteiger partial charge in [-0.3, -0.25) is 0 Å². The van der Waals surface area contributed by atoms with Crippen LogP contribution in [0.15, 0.2) is 29.2 Å². The molecule has 1 aromatic carbocycles. The largest absolute Gasteiger partial charge is 0.493 e. The van der Waals surface area contributed by atoms with E-state index in [0.29, 0.717) is 6.61 Å². The van der Waals surface area contributed by atoms with Gasteiger partial charge in [0.25, 0.3) is 0 Å². The fourth-order valence-electron chi connectivity index (χ4n) is 0.996. The quantitative estimate of drug-likeness (QED) is 0.622. The summed E-state index contributed by atoms with van der Waals surface area (Å²) in [6, 6.07) is 8.18. The molecular weight excluding hydrogens is 224 g/mol. The first kappa shape index (κ1) is 12.8. The van der Waals surface area contributed by atoms with Gasteiger partial charge in [-0.15, -0.1) is 11.8 Å². The molecule has 0 atom stereocenters. The fourth-order valence-corrected chi connectivity index (χ4v) is 1.50. The number of ether oxygens (including phenoxy) is 1. The van der Waals surface area contributed by atoms with E-state index in [1.165, 1.54) is 4.90 Å². The third-order valence-electron chi connectivity index (χ3n) is 2.12. The van der Waals surface area contributed by atoms with Gasteiger partial charge in [0.1, 0.15) is 5.75 Å². The summed E-state index contributed by atoms with van der Waals surface area (Å²) in [6.07, 6.45) is 2.07. The van der Waals surface area contributed by atoms with Crippen molar-refractivity contribution in [2.24, 2.45) is 5.41 Å². The van der Waals surface area contributed by atoms with Crippen LogP contribution in [0.2, 0.25) is 0 Å². The standard InChI is InChI=1S/C12H18OS2/c1-12(2,9-14)8-13-10-4-6-11(15-3)7-5-10/h4-7,14H,8-9H2,1-3H3. The molecule has 84 valence electrons. The van der Waals surface area contributed by atoms with Gasteiger partial charge in [0.05, 0.1) is 6.61 Å². The number of thiol groups is 1. The lowest BCUT2D eigenvalue weighted by Gasteiger charge is -2.22. The Bertz CT molecular complexity index is 293. The molecule has 0 radical (unpaired) electrons. The number of rotatable bonds is 5. The molecule has 1 rings (SSSR count). The van der Waals surface area contributed by atoms with Crippen LogP contribution in [0.4, 0.5) is 0 Å². The maximum atomic E-state index is 5.70. The van der Waals surface area contributed by atoms with Gasteiger partial charge in [-0.25, -0.2) is 0 Å². The van der Waals surface area contributed by atoms with Crippen LogP contribution in [-0.2, 0) is 0 Å².